The van der Waals surface area contributed by atoms with E-state index in [-0.39, 0.29) is 5.82 Å². The molecule has 1 aromatic carbocycles. The second kappa shape index (κ2) is 3.82. The minimum atomic E-state index is -3.32. The Morgan fingerprint density at radius 2 is 2.12 bits per heavy atom. The van der Waals surface area contributed by atoms with Gasteiger partial charge in [-0.1, -0.05) is 17.3 Å². The van der Waals surface area contributed by atoms with Crippen molar-refractivity contribution in [3.05, 3.63) is 30.2 Å². The van der Waals surface area contributed by atoms with Crippen molar-refractivity contribution in [1.29, 1.82) is 0 Å². The Morgan fingerprint density at radius 1 is 1.38 bits per heavy atom. The first kappa shape index (κ1) is 11.0. The highest BCUT2D eigenvalue weighted by Crippen LogP contribution is 2.34. The van der Waals surface area contributed by atoms with E-state index >= 15 is 0 Å². The van der Waals surface area contributed by atoms with Gasteiger partial charge in [-0.15, -0.1) is 0 Å². The summed E-state index contributed by atoms with van der Waals surface area (Å²) < 4.78 is 29.9. The van der Waals surface area contributed by atoms with Crippen molar-refractivity contribution in [2.45, 2.75) is 4.83 Å². The van der Waals surface area contributed by atoms with Gasteiger partial charge in [0.05, 0.1) is 0 Å². The first-order valence-electron chi connectivity index (χ1n) is 4.23. The van der Waals surface area contributed by atoms with E-state index in [0.717, 1.165) is 0 Å². The van der Waals surface area contributed by atoms with E-state index in [1.54, 1.807) is 24.3 Å². The summed E-state index contributed by atoms with van der Waals surface area (Å²) in [4.78, 5) is 0.242. The number of rotatable bonds is 2. The molecule has 0 bridgehead atoms. The third kappa shape index (κ3) is 2.19. The van der Waals surface area contributed by atoms with Gasteiger partial charge >= 0.3 is 10.7 Å². The van der Waals surface area contributed by atoms with Gasteiger partial charge in [-0.3, -0.25) is 0 Å². The Bertz CT molecular complexity index is 509. The van der Waals surface area contributed by atoms with Crippen molar-refractivity contribution in [1.82, 2.24) is 10.1 Å². The Labute approximate surface area is 97.6 Å². The van der Waals surface area contributed by atoms with E-state index in [1.165, 1.54) is 0 Å². The lowest BCUT2D eigenvalue weighted by molar-refractivity contribution is 0.0725. The third-order valence-electron chi connectivity index (χ3n) is 1.81. The molecule has 4 nitrogen and oxygen atoms in total. The number of benzene rings is 1. The number of nitrogens with zero attached hydrogens (tertiary/aromatic N) is 2. The molecule has 2 aromatic rings. The van der Waals surface area contributed by atoms with Crippen LogP contribution in [0, 0.1) is 0 Å². The summed E-state index contributed by atoms with van der Waals surface area (Å²) in [6.07, 6.45) is 0. The number of halogens is 3. The number of alkyl halides is 3. The first-order chi connectivity index (χ1) is 7.47. The molecule has 0 amide bonds. The molecule has 0 atom stereocenters. The van der Waals surface area contributed by atoms with Crippen LogP contribution in [0.4, 0.5) is 14.5 Å². The summed E-state index contributed by atoms with van der Waals surface area (Å²) >= 11 is 2.13. The van der Waals surface area contributed by atoms with Crippen LogP contribution < -0.4 is 5.73 Å². The topological polar surface area (TPSA) is 64.9 Å². The zero-order valence-electron chi connectivity index (χ0n) is 7.82. The van der Waals surface area contributed by atoms with Crippen LogP contribution >= 0.6 is 15.9 Å². The molecule has 0 fully saturated rings. The molecular weight excluding hydrogens is 284 g/mol. The minimum Gasteiger partial charge on any atom is -0.399 e. The predicted molar refractivity (Wildman–Crippen MR) is 57.0 cm³/mol. The molecule has 0 saturated carbocycles. The van der Waals surface area contributed by atoms with Crippen LogP contribution in [-0.2, 0) is 4.83 Å². The summed E-state index contributed by atoms with van der Waals surface area (Å²) in [7, 11) is 0. The third-order valence-corrected chi connectivity index (χ3v) is 2.15. The fourth-order valence-electron chi connectivity index (χ4n) is 1.13. The van der Waals surface area contributed by atoms with Crippen LogP contribution in [0.1, 0.15) is 5.89 Å². The molecule has 0 saturated heterocycles. The van der Waals surface area contributed by atoms with E-state index in [1.807, 2.05) is 0 Å². The first-order valence-corrected chi connectivity index (χ1v) is 5.03. The van der Waals surface area contributed by atoms with Gasteiger partial charge in [-0.05, 0) is 12.1 Å². The van der Waals surface area contributed by atoms with E-state index in [2.05, 4.69) is 30.6 Å². The van der Waals surface area contributed by atoms with Crippen LogP contribution in [0.3, 0.4) is 0 Å². The molecule has 0 spiro atoms. The molecule has 0 aliphatic carbocycles. The van der Waals surface area contributed by atoms with Gasteiger partial charge in [0.25, 0.3) is 0 Å². The van der Waals surface area contributed by atoms with Crippen molar-refractivity contribution < 1.29 is 13.3 Å². The van der Waals surface area contributed by atoms with Gasteiger partial charge in [-0.25, -0.2) is 0 Å². The Hall–Kier alpha value is -1.50. The molecule has 84 valence electrons. The quantitative estimate of drug-likeness (QED) is 0.682. The summed E-state index contributed by atoms with van der Waals surface area (Å²) in [5.74, 6) is -0.716. The Morgan fingerprint density at radius 3 is 2.69 bits per heavy atom. The summed E-state index contributed by atoms with van der Waals surface area (Å²) in [5, 5.41) is 3.44. The molecule has 1 aromatic heterocycles. The van der Waals surface area contributed by atoms with Crippen molar-refractivity contribution in [3.63, 3.8) is 0 Å². The van der Waals surface area contributed by atoms with E-state index in [9.17, 15) is 8.78 Å². The average molecular weight is 290 g/mol. The molecule has 1 heterocycles. The maximum absolute atomic E-state index is 12.8. The maximum atomic E-state index is 12.8. The predicted octanol–water partition coefficient (Wildman–Crippen LogP) is 2.76. The summed E-state index contributed by atoms with van der Waals surface area (Å²) in [5.41, 5.74) is 6.56. The fourth-order valence-corrected chi connectivity index (χ4v) is 1.29. The molecule has 0 aliphatic heterocycles. The fraction of sp³-hybridized carbons (Fsp3) is 0.111. The number of hydrogen-bond donors (Lipinski definition) is 1. The van der Waals surface area contributed by atoms with E-state index in [4.69, 9.17) is 5.73 Å². The summed E-state index contributed by atoms with van der Waals surface area (Å²) in [6.45, 7) is 0. The van der Waals surface area contributed by atoms with Crippen LogP contribution in [0.5, 0.6) is 0 Å². The van der Waals surface area contributed by atoms with E-state index < -0.39 is 10.7 Å². The van der Waals surface area contributed by atoms with Crippen molar-refractivity contribution in [2.24, 2.45) is 0 Å². The highest BCUT2D eigenvalue weighted by molar-refractivity contribution is 9.09. The lowest BCUT2D eigenvalue weighted by atomic mass is 10.2. The molecule has 2 N–H and O–H groups in total. The largest absolute Gasteiger partial charge is 0.399 e. The van der Waals surface area contributed by atoms with Gasteiger partial charge in [-0.2, -0.15) is 13.8 Å². The molecule has 7 heteroatoms. The smallest absolute Gasteiger partial charge is 0.378 e. The highest BCUT2D eigenvalue weighted by atomic mass is 79.9. The Balaban J connectivity index is 2.39. The molecule has 0 radical (unpaired) electrons. The van der Waals surface area contributed by atoms with Crippen LogP contribution in [0.15, 0.2) is 28.8 Å². The van der Waals surface area contributed by atoms with Crippen molar-refractivity contribution >= 4 is 21.6 Å². The number of nitrogen functional groups attached to an aromatic ring is 1. The maximum Gasteiger partial charge on any atom is 0.378 e. The van der Waals surface area contributed by atoms with Crippen LogP contribution in [-0.4, -0.2) is 10.1 Å². The van der Waals surface area contributed by atoms with Crippen LogP contribution in [0.2, 0.25) is 0 Å². The standard InChI is InChI=1S/C9H6BrF2N3O/c10-9(11,12)8-14-7(15-16-8)5-2-1-3-6(13)4-5/h1-4H,13H2. The number of aromatic nitrogens is 2. The molecule has 16 heavy (non-hydrogen) atoms. The van der Waals surface area contributed by atoms with Crippen LogP contribution in [0.25, 0.3) is 11.4 Å². The summed E-state index contributed by atoms with van der Waals surface area (Å²) in [6, 6.07) is 6.56. The zero-order valence-corrected chi connectivity index (χ0v) is 9.41. The van der Waals surface area contributed by atoms with Crippen molar-refractivity contribution in [2.75, 3.05) is 5.73 Å². The molecule has 0 unspecified atom stereocenters. The highest BCUT2D eigenvalue weighted by Gasteiger charge is 2.34. The van der Waals surface area contributed by atoms with Gasteiger partial charge in [0, 0.05) is 27.2 Å². The number of hydrogen-bond acceptors (Lipinski definition) is 4. The van der Waals surface area contributed by atoms with Gasteiger partial charge < -0.3 is 10.3 Å². The molecular formula is C9H6BrF2N3O. The van der Waals surface area contributed by atoms with Gasteiger partial charge in [0.15, 0.2) is 0 Å². The average Bonchev–Trinajstić information content (AvgIpc) is 2.65. The van der Waals surface area contributed by atoms with Crippen molar-refractivity contribution in [3.8, 4) is 11.4 Å². The second-order valence-corrected chi connectivity index (χ2v) is 4.04. The normalized spacial score (nSPS) is 11.7. The number of anilines is 1. The SMILES string of the molecule is Nc1cccc(-c2noc(C(F)(F)Br)n2)c1. The molecule has 2 rings (SSSR count). The monoisotopic (exact) mass is 289 g/mol. The number of nitrogens with two attached hydrogens (primary N) is 1. The lowest BCUT2D eigenvalue weighted by Crippen LogP contribution is -2.02. The van der Waals surface area contributed by atoms with Gasteiger partial charge in [0.2, 0.25) is 5.82 Å². The minimum absolute atomic E-state index is 0.0708. The zero-order chi connectivity index (χ0) is 11.8. The second-order valence-electron chi connectivity index (χ2n) is 3.05. The van der Waals surface area contributed by atoms with E-state index in [0.29, 0.717) is 11.3 Å². The Kier molecular flexibility index (Phi) is 2.63. The lowest BCUT2D eigenvalue weighted by Gasteiger charge is -1.98. The molecule has 0 aliphatic rings. The van der Waals surface area contributed by atoms with Gasteiger partial charge in [0.1, 0.15) is 0 Å².